The number of benzene rings is 1. The maximum atomic E-state index is 12.2. The van der Waals surface area contributed by atoms with Gasteiger partial charge in [-0.2, -0.15) is 0 Å². The van der Waals surface area contributed by atoms with Crippen molar-refractivity contribution in [2.75, 3.05) is 5.32 Å². The van der Waals surface area contributed by atoms with Crippen LogP contribution in [0.25, 0.3) is 0 Å². The van der Waals surface area contributed by atoms with Gasteiger partial charge in [0, 0.05) is 10.4 Å². The highest BCUT2D eigenvalue weighted by atomic mass is 79.9. The lowest BCUT2D eigenvalue weighted by Gasteiger charge is -2.16. The topological polar surface area (TPSA) is 29.1 Å². The van der Waals surface area contributed by atoms with Gasteiger partial charge in [0.05, 0.1) is 5.69 Å². The van der Waals surface area contributed by atoms with Crippen LogP contribution in [0.1, 0.15) is 45.1 Å². The van der Waals surface area contributed by atoms with E-state index in [4.69, 9.17) is 0 Å². The first-order chi connectivity index (χ1) is 8.60. The van der Waals surface area contributed by atoms with Gasteiger partial charge in [-0.3, -0.25) is 4.79 Å². The van der Waals surface area contributed by atoms with E-state index < -0.39 is 0 Å². The molecule has 0 spiro atoms. The van der Waals surface area contributed by atoms with Crippen LogP contribution in [0.3, 0.4) is 0 Å². The van der Waals surface area contributed by atoms with Crippen molar-refractivity contribution in [1.82, 2.24) is 0 Å². The van der Waals surface area contributed by atoms with Gasteiger partial charge in [-0.05, 0) is 47.3 Å². The van der Waals surface area contributed by atoms with Crippen LogP contribution in [0, 0.1) is 12.8 Å². The quantitative estimate of drug-likeness (QED) is 0.794. The fraction of sp³-hybridized carbons (Fsp3) is 0.533. The summed E-state index contributed by atoms with van der Waals surface area (Å²) in [6.07, 6.45) is 4.02. The number of amides is 1. The average Bonchev–Trinajstić information content (AvgIpc) is 2.34. The van der Waals surface area contributed by atoms with E-state index >= 15 is 0 Å². The summed E-state index contributed by atoms with van der Waals surface area (Å²) >= 11 is 3.52. The Balaban J connectivity index is 2.75. The van der Waals surface area contributed by atoms with Crippen LogP contribution < -0.4 is 5.32 Å². The van der Waals surface area contributed by atoms with Gasteiger partial charge in [-0.25, -0.2) is 0 Å². The van der Waals surface area contributed by atoms with Crippen molar-refractivity contribution in [1.29, 1.82) is 0 Å². The summed E-state index contributed by atoms with van der Waals surface area (Å²) in [6.45, 7) is 6.27. The Labute approximate surface area is 118 Å². The molecule has 0 aliphatic rings. The highest BCUT2D eigenvalue weighted by Gasteiger charge is 2.17. The summed E-state index contributed by atoms with van der Waals surface area (Å²) in [7, 11) is 0. The van der Waals surface area contributed by atoms with Crippen molar-refractivity contribution in [2.24, 2.45) is 5.92 Å². The van der Waals surface area contributed by atoms with E-state index in [0.717, 1.165) is 41.4 Å². The van der Waals surface area contributed by atoms with Crippen molar-refractivity contribution in [2.45, 2.75) is 46.5 Å². The lowest BCUT2D eigenvalue weighted by molar-refractivity contribution is -0.120. The number of hydrogen-bond acceptors (Lipinski definition) is 1. The highest BCUT2D eigenvalue weighted by molar-refractivity contribution is 9.10. The molecule has 0 saturated carbocycles. The molecule has 0 bridgehead atoms. The summed E-state index contributed by atoms with van der Waals surface area (Å²) in [5.41, 5.74) is 2.01. The van der Waals surface area contributed by atoms with Gasteiger partial charge in [-0.15, -0.1) is 0 Å². The SMILES string of the molecule is CCCC(CCC)C(=O)Nc1cccc(C)c1Br. The van der Waals surface area contributed by atoms with Crippen molar-refractivity contribution in [3.05, 3.63) is 28.2 Å². The van der Waals surface area contributed by atoms with E-state index in [1.807, 2.05) is 25.1 Å². The van der Waals surface area contributed by atoms with Gasteiger partial charge in [0.2, 0.25) is 5.91 Å². The second kappa shape index (κ2) is 7.57. The summed E-state index contributed by atoms with van der Waals surface area (Å²) in [4.78, 5) is 12.2. The molecule has 0 aromatic heterocycles. The zero-order chi connectivity index (χ0) is 13.5. The molecule has 1 rings (SSSR count). The maximum absolute atomic E-state index is 12.2. The molecule has 1 aromatic rings. The average molecular weight is 312 g/mol. The second-order valence-corrected chi connectivity index (χ2v) is 5.49. The summed E-state index contributed by atoms with van der Waals surface area (Å²) in [6, 6.07) is 5.92. The predicted octanol–water partition coefficient (Wildman–Crippen LogP) is 4.91. The lowest BCUT2D eigenvalue weighted by Crippen LogP contribution is -2.23. The Kier molecular flexibility index (Phi) is 6.41. The molecule has 0 fully saturated rings. The van der Waals surface area contributed by atoms with Crippen molar-refractivity contribution >= 4 is 27.5 Å². The van der Waals surface area contributed by atoms with Gasteiger partial charge >= 0.3 is 0 Å². The molecule has 3 heteroatoms. The molecule has 0 unspecified atom stereocenters. The number of hydrogen-bond donors (Lipinski definition) is 1. The van der Waals surface area contributed by atoms with Crippen LogP contribution in [0.4, 0.5) is 5.69 Å². The number of aryl methyl sites for hydroxylation is 1. The van der Waals surface area contributed by atoms with E-state index in [-0.39, 0.29) is 11.8 Å². The minimum Gasteiger partial charge on any atom is -0.325 e. The normalized spacial score (nSPS) is 10.7. The van der Waals surface area contributed by atoms with Crippen LogP contribution in [0.5, 0.6) is 0 Å². The van der Waals surface area contributed by atoms with Gasteiger partial charge in [0.25, 0.3) is 0 Å². The second-order valence-electron chi connectivity index (χ2n) is 4.70. The molecule has 0 heterocycles. The Hall–Kier alpha value is -0.830. The monoisotopic (exact) mass is 311 g/mol. The molecule has 0 aliphatic carbocycles. The number of carbonyl (C=O) groups excluding carboxylic acids is 1. The lowest BCUT2D eigenvalue weighted by atomic mass is 9.97. The van der Waals surface area contributed by atoms with Crippen LogP contribution >= 0.6 is 15.9 Å². The zero-order valence-corrected chi connectivity index (χ0v) is 13.0. The number of carbonyl (C=O) groups is 1. The molecular weight excluding hydrogens is 290 g/mol. The van der Waals surface area contributed by atoms with Crippen molar-refractivity contribution in [3.63, 3.8) is 0 Å². The van der Waals surface area contributed by atoms with Gasteiger partial charge in [0.1, 0.15) is 0 Å². The smallest absolute Gasteiger partial charge is 0.227 e. The summed E-state index contributed by atoms with van der Waals surface area (Å²) in [5, 5.41) is 3.03. The number of nitrogens with one attached hydrogen (secondary N) is 1. The third-order valence-electron chi connectivity index (χ3n) is 3.09. The van der Waals surface area contributed by atoms with Crippen molar-refractivity contribution < 1.29 is 4.79 Å². The Morgan fingerprint density at radius 1 is 1.28 bits per heavy atom. The maximum Gasteiger partial charge on any atom is 0.227 e. The molecule has 0 radical (unpaired) electrons. The molecule has 0 aliphatic heterocycles. The number of anilines is 1. The first-order valence-electron chi connectivity index (χ1n) is 6.66. The molecule has 1 aromatic carbocycles. The van der Waals surface area contributed by atoms with Gasteiger partial charge in [-0.1, -0.05) is 38.8 Å². The largest absolute Gasteiger partial charge is 0.325 e. The first kappa shape index (κ1) is 15.2. The van der Waals surface area contributed by atoms with E-state index in [2.05, 4.69) is 35.1 Å². The molecule has 0 atom stereocenters. The third kappa shape index (κ3) is 4.13. The molecular formula is C15H22BrNO. The third-order valence-corrected chi connectivity index (χ3v) is 4.15. The minimum absolute atomic E-state index is 0.132. The fourth-order valence-corrected chi connectivity index (χ4v) is 2.45. The minimum atomic E-state index is 0.132. The molecule has 0 saturated heterocycles. The van der Waals surface area contributed by atoms with E-state index in [1.165, 1.54) is 0 Å². The van der Waals surface area contributed by atoms with Crippen LogP contribution in [-0.2, 0) is 4.79 Å². The van der Waals surface area contributed by atoms with Gasteiger partial charge in [0.15, 0.2) is 0 Å². The fourth-order valence-electron chi connectivity index (χ4n) is 2.08. The predicted molar refractivity (Wildman–Crippen MR) is 80.8 cm³/mol. The van der Waals surface area contributed by atoms with Crippen LogP contribution in [0.2, 0.25) is 0 Å². The zero-order valence-electron chi connectivity index (χ0n) is 11.4. The van der Waals surface area contributed by atoms with E-state index in [1.54, 1.807) is 0 Å². The van der Waals surface area contributed by atoms with Gasteiger partial charge < -0.3 is 5.32 Å². The highest BCUT2D eigenvalue weighted by Crippen LogP contribution is 2.27. The first-order valence-corrected chi connectivity index (χ1v) is 7.45. The van der Waals surface area contributed by atoms with E-state index in [9.17, 15) is 4.79 Å². The Morgan fingerprint density at radius 3 is 2.44 bits per heavy atom. The molecule has 1 N–H and O–H groups in total. The van der Waals surface area contributed by atoms with E-state index in [0.29, 0.717) is 0 Å². The standard InChI is InChI=1S/C15H22BrNO/c1-4-7-12(8-5-2)15(18)17-13-10-6-9-11(3)14(13)16/h6,9-10,12H,4-5,7-8H2,1-3H3,(H,17,18). The Morgan fingerprint density at radius 2 is 1.89 bits per heavy atom. The molecule has 18 heavy (non-hydrogen) atoms. The summed E-state index contributed by atoms with van der Waals surface area (Å²) in [5.74, 6) is 0.275. The van der Waals surface area contributed by atoms with Crippen LogP contribution in [0.15, 0.2) is 22.7 Å². The molecule has 2 nitrogen and oxygen atoms in total. The van der Waals surface area contributed by atoms with Crippen LogP contribution in [-0.4, -0.2) is 5.91 Å². The number of halogens is 1. The molecule has 100 valence electrons. The van der Waals surface area contributed by atoms with Crippen molar-refractivity contribution in [3.8, 4) is 0 Å². The summed E-state index contributed by atoms with van der Waals surface area (Å²) < 4.78 is 0.977. The molecule has 1 amide bonds. The number of rotatable bonds is 6. The Bertz CT molecular complexity index is 397.